The zero-order chi connectivity index (χ0) is 22.8. The number of ether oxygens (including phenoxy) is 1. The molecule has 2 aliphatic rings. The van der Waals surface area contributed by atoms with E-state index in [0.717, 1.165) is 0 Å². The molecule has 170 valence electrons. The Bertz CT molecular complexity index is 1040. The summed E-state index contributed by atoms with van der Waals surface area (Å²) >= 11 is 1.22. The summed E-state index contributed by atoms with van der Waals surface area (Å²) in [6.45, 7) is 3.60. The molecule has 0 aliphatic carbocycles. The maximum atomic E-state index is 14.9. The first-order valence-electron chi connectivity index (χ1n) is 10.1. The summed E-state index contributed by atoms with van der Waals surface area (Å²) in [7, 11) is 0. The Morgan fingerprint density at radius 1 is 1.31 bits per heavy atom. The van der Waals surface area contributed by atoms with E-state index in [0.29, 0.717) is 48.4 Å². The summed E-state index contributed by atoms with van der Waals surface area (Å²) in [5.41, 5.74) is 6.71. The van der Waals surface area contributed by atoms with Gasteiger partial charge in [-0.1, -0.05) is 0 Å². The summed E-state index contributed by atoms with van der Waals surface area (Å²) in [5, 5.41) is 4.58. The van der Waals surface area contributed by atoms with Crippen molar-refractivity contribution < 1.29 is 23.5 Å². The highest BCUT2D eigenvalue weighted by Crippen LogP contribution is 2.28. The van der Waals surface area contributed by atoms with E-state index >= 15 is 0 Å². The van der Waals surface area contributed by atoms with Crippen LogP contribution in [0.2, 0.25) is 0 Å². The third kappa shape index (κ3) is 4.59. The Balaban J connectivity index is 1.37. The van der Waals surface area contributed by atoms with Crippen LogP contribution in [0.25, 0.3) is 0 Å². The van der Waals surface area contributed by atoms with Gasteiger partial charge in [0, 0.05) is 38.5 Å². The van der Waals surface area contributed by atoms with Gasteiger partial charge in [-0.25, -0.2) is 14.2 Å². The molecule has 3 amide bonds. The van der Waals surface area contributed by atoms with E-state index in [1.807, 2.05) is 4.90 Å². The Kier molecular flexibility index (Phi) is 6.12. The molecular weight excluding hydrogens is 439 g/mol. The average molecular weight is 463 g/mol. The molecule has 1 aromatic heterocycles. The van der Waals surface area contributed by atoms with Gasteiger partial charge in [0.25, 0.3) is 5.91 Å². The zero-order valence-electron chi connectivity index (χ0n) is 17.4. The monoisotopic (exact) mass is 462 g/mol. The number of benzene rings is 1. The first-order valence-corrected chi connectivity index (χ1v) is 11.0. The van der Waals surface area contributed by atoms with Crippen molar-refractivity contribution in [3.63, 3.8) is 0 Å². The average Bonchev–Trinajstić information content (AvgIpc) is 3.37. The SMILES string of the molecule is CC(=O)NC[C@H]1CN(c2ccc(N3CCN(C(=O)c4csc(N)n4)CC3)c(F)c2)C(=O)O1. The molecule has 3 heterocycles. The number of cyclic esters (lactones) is 1. The van der Waals surface area contributed by atoms with Gasteiger partial charge in [-0.05, 0) is 18.2 Å². The number of amides is 3. The highest BCUT2D eigenvalue weighted by molar-refractivity contribution is 7.13. The van der Waals surface area contributed by atoms with Crippen LogP contribution in [-0.4, -0.2) is 73.2 Å². The predicted molar refractivity (Wildman–Crippen MR) is 117 cm³/mol. The van der Waals surface area contributed by atoms with Crippen LogP contribution < -0.4 is 20.9 Å². The second kappa shape index (κ2) is 8.99. The topological polar surface area (TPSA) is 121 Å². The number of thiazole rings is 1. The third-order valence-corrected chi connectivity index (χ3v) is 6.02. The number of nitrogens with zero attached hydrogens (tertiary/aromatic N) is 4. The van der Waals surface area contributed by atoms with E-state index in [9.17, 15) is 18.8 Å². The lowest BCUT2D eigenvalue weighted by atomic mass is 10.2. The van der Waals surface area contributed by atoms with Crippen molar-refractivity contribution in [2.45, 2.75) is 13.0 Å². The minimum Gasteiger partial charge on any atom is -0.442 e. The maximum absolute atomic E-state index is 14.9. The van der Waals surface area contributed by atoms with Gasteiger partial charge < -0.3 is 25.6 Å². The van der Waals surface area contributed by atoms with Crippen molar-refractivity contribution in [2.75, 3.05) is 54.8 Å². The van der Waals surface area contributed by atoms with Crippen molar-refractivity contribution >= 4 is 45.8 Å². The maximum Gasteiger partial charge on any atom is 0.414 e. The van der Waals surface area contributed by atoms with E-state index in [1.165, 1.54) is 29.2 Å². The molecule has 3 N–H and O–H groups in total. The van der Waals surface area contributed by atoms with Crippen LogP contribution in [0.15, 0.2) is 23.6 Å². The molecule has 10 nitrogen and oxygen atoms in total. The lowest BCUT2D eigenvalue weighted by Gasteiger charge is -2.36. The van der Waals surface area contributed by atoms with E-state index in [4.69, 9.17) is 10.5 Å². The number of hydrogen-bond acceptors (Lipinski definition) is 8. The van der Waals surface area contributed by atoms with Gasteiger partial charge in [-0.15, -0.1) is 11.3 Å². The Morgan fingerprint density at radius 3 is 2.69 bits per heavy atom. The normalized spacial score (nSPS) is 18.6. The van der Waals surface area contributed by atoms with Gasteiger partial charge >= 0.3 is 6.09 Å². The van der Waals surface area contributed by atoms with Crippen molar-refractivity contribution in [2.24, 2.45) is 0 Å². The van der Waals surface area contributed by atoms with E-state index in [-0.39, 0.29) is 24.9 Å². The molecule has 32 heavy (non-hydrogen) atoms. The number of rotatable bonds is 5. The zero-order valence-corrected chi connectivity index (χ0v) is 18.2. The third-order valence-electron chi connectivity index (χ3n) is 5.34. The summed E-state index contributed by atoms with van der Waals surface area (Å²) in [6, 6.07) is 4.58. The van der Waals surface area contributed by atoms with Crippen LogP contribution in [0.5, 0.6) is 0 Å². The summed E-state index contributed by atoms with van der Waals surface area (Å²) in [4.78, 5) is 44.6. The Morgan fingerprint density at radius 2 is 2.06 bits per heavy atom. The molecule has 0 unspecified atom stereocenters. The molecule has 2 aliphatic heterocycles. The quantitative estimate of drug-likeness (QED) is 0.687. The van der Waals surface area contributed by atoms with Crippen molar-refractivity contribution in [3.8, 4) is 0 Å². The molecule has 0 radical (unpaired) electrons. The van der Waals surface area contributed by atoms with Crippen LogP contribution >= 0.6 is 11.3 Å². The number of aromatic nitrogens is 1. The molecule has 0 saturated carbocycles. The number of nitrogens with two attached hydrogens (primary N) is 1. The van der Waals surface area contributed by atoms with Gasteiger partial charge in [-0.2, -0.15) is 0 Å². The Hall–Kier alpha value is -3.41. The molecule has 1 aromatic carbocycles. The predicted octanol–water partition coefficient (Wildman–Crippen LogP) is 1.29. The molecule has 0 spiro atoms. The first-order chi connectivity index (χ1) is 15.3. The number of piperazine rings is 1. The lowest BCUT2D eigenvalue weighted by molar-refractivity contribution is -0.119. The van der Waals surface area contributed by atoms with Gasteiger partial charge in [0.05, 0.1) is 24.5 Å². The smallest absolute Gasteiger partial charge is 0.414 e. The van der Waals surface area contributed by atoms with Crippen LogP contribution in [-0.2, 0) is 9.53 Å². The number of halogens is 1. The number of carbonyl (C=O) groups excluding carboxylic acids is 3. The molecule has 2 fully saturated rings. The van der Waals surface area contributed by atoms with Crippen LogP contribution in [0.3, 0.4) is 0 Å². The van der Waals surface area contributed by atoms with Gasteiger partial charge in [0.1, 0.15) is 17.6 Å². The fourth-order valence-electron chi connectivity index (χ4n) is 3.71. The fourth-order valence-corrected chi connectivity index (χ4v) is 4.25. The molecular formula is C20H23FN6O4S. The summed E-state index contributed by atoms with van der Waals surface area (Å²) < 4.78 is 20.1. The fraction of sp³-hybridized carbons (Fsp3) is 0.400. The first kappa shape index (κ1) is 21.8. The van der Waals surface area contributed by atoms with Crippen LogP contribution in [0.4, 0.5) is 25.7 Å². The number of nitrogens with one attached hydrogen (secondary N) is 1. The van der Waals surface area contributed by atoms with Crippen molar-refractivity contribution in [3.05, 3.63) is 35.1 Å². The largest absolute Gasteiger partial charge is 0.442 e. The molecule has 2 saturated heterocycles. The second-order valence-corrected chi connectivity index (χ2v) is 8.43. The Labute approximate surface area is 187 Å². The van der Waals surface area contributed by atoms with E-state index in [2.05, 4.69) is 10.3 Å². The lowest BCUT2D eigenvalue weighted by Crippen LogP contribution is -2.49. The molecule has 0 bridgehead atoms. The van der Waals surface area contributed by atoms with Gasteiger partial charge in [0.2, 0.25) is 5.91 Å². The molecule has 12 heteroatoms. The second-order valence-electron chi connectivity index (χ2n) is 7.54. The highest BCUT2D eigenvalue weighted by Gasteiger charge is 2.33. The minimum absolute atomic E-state index is 0.185. The summed E-state index contributed by atoms with van der Waals surface area (Å²) in [5.74, 6) is -0.866. The summed E-state index contributed by atoms with van der Waals surface area (Å²) in [6.07, 6.45) is -1.07. The van der Waals surface area contributed by atoms with Crippen molar-refractivity contribution in [1.82, 2.24) is 15.2 Å². The molecule has 2 aromatic rings. The van der Waals surface area contributed by atoms with Gasteiger partial charge in [0.15, 0.2) is 5.13 Å². The van der Waals surface area contributed by atoms with Gasteiger partial charge in [-0.3, -0.25) is 14.5 Å². The minimum atomic E-state index is -0.581. The standard InChI is InChI=1S/C20H23FN6O4S/c1-12(28)23-9-14-10-27(20(30)31-14)13-2-3-17(15(21)8-13)25-4-6-26(7-5-25)18(29)16-11-32-19(22)24-16/h2-3,8,11,14H,4-7,9-10H2,1H3,(H2,22,24)(H,23,28)/t14-/m0/s1. The van der Waals surface area contributed by atoms with E-state index in [1.54, 1.807) is 22.4 Å². The van der Waals surface area contributed by atoms with Crippen LogP contribution in [0, 0.1) is 5.82 Å². The molecule has 4 rings (SSSR count). The number of nitrogen functional groups attached to an aromatic ring is 1. The number of hydrogen-bond donors (Lipinski definition) is 2. The van der Waals surface area contributed by atoms with Crippen LogP contribution in [0.1, 0.15) is 17.4 Å². The number of carbonyl (C=O) groups is 3. The number of anilines is 3. The van der Waals surface area contributed by atoms with E-state index < -0.39 is 18.0 Å². The highest BCUT2D eigenvalue weighted by atomic mass is 32.1. The van der Waals surface area contributed by atoms with Crippen molar-refractivity contribution in [1.29, 1.82) is 0 Å². The molecule has 1 atom stereocenters.